The van der Waals surface area contributed by atoms with Gasteiger partial charge in [0.2, 0.25) is 0 Å². The molecule has 0 bridgehead atoms. The van der Waals surface area contributed by atoms with Crippen molar-refractivity contribution < 1.29 is 14.6 Å². The Bertz CT molecular complexity index is 719. The molecule has 2 rings (SSSR count). The maximum atomic E-state index is 10.3. The Morgan fingerprint density at radius 1 is 1.18 bits per heavy atom. The molecule has 6 nitrogen and oxygen atoms in total. The first-order chi connectivity index (χ1) is 13.4. The minimum absolute atomic E-state index is 0.240. The van der Waals surface area contributed by atoms with Crippen LogP contribution in [0.2, 0.25) is 0 Å². The summed E-state index contributed by atoms with van der Waals surface area (Å²) in [6.45, 7) is 10.5. The molecule has 1 atom stereocenters. The fraction of sp³-hybridized carbons (Fsp3) is 0.571. The van der Waals surface area contributed by atoms with E-state index in [0.717, 1.165) is 42.4 Å². The Morgan fingerprint density at radius 2 is 1.93 bits per heavy atom. The van der Waals surface area contributed by atoms with Crippen LogP contribution in [0.4, 0.5) is 0 Å². The van der Waals surface area contributed by atoms with E-state index < -0.39 is 6.10 Å². The molecule has 1 heterocycles. The molecule has 0 saturated heterocycles. The van der Waals surface area contributed by atoms with Crippen molar-refractivity contribution in [3.8, 4) is 11.5 Å². The van der Waals surface area contributed by atoms with Crippen LogP contribution in [0.3, 0.4) is 0 Å². The molecule has 0 saturated carbocycles. The highest BCUT2D eigenvalue weighted by Gasteiger charge is 2.13. The Morgan fingerprint density at radius 3 is 2.54 bits per heavy atom. The van der Waals surface area contributed by atoms with Crippen LogP contribution in [0.1, 0.15) is 30.1 Å². The zero-order valence-corrected chi connectivity index (χ0v) is 18.5. The second kappa shape index (κ2) is 11.4. The van der Waals surface area contributed by atoms with Gasteiger partial charge >= 0.3 is 0 Å². The molecule has 1 aromatic carbocycles. The summed E-state index contributed by atoms with van der Waals surface area (Å²) >= 11 is 1.68. The highest BCUT2D eigenvalue weighted by atomic mass is 32.1. The van der Waals surface area contributed by atoms with Crippen LogP contribution in [0.25, 0.3) is 0 Å². The largest absolute Gasteiger partial charge is 0.493 e. The van der Waals surface area contributed by atoms with E-state index in [1.54, 1.807) is 18.4 Å². The number of aryl methyl sites for hydroxylation is 1. The van der Waals surface area contributed by atoms with Gasteiger partial charge in [0.05, 0.1) is 17.8 Å². The minimum atomic E-state index is -0.538. The predicted octanol–water partition coefficient (Wildman–Crippen LogP) is 3.17. The molecule has 0 aliphatic heterocycles. The fourth-order valence-corrected chi connectivity index (χ4v) is 3.68. The number of thiazole rings is 1. The van der Waals surface area contributed by atoms with Crippen molar-refractivity contribution in [2.24, 2.45) is 0 Å². The number of benzene rings is 1. The van der Waals surface area contributed by atoms with E-state index in [4.69, 9.17) is 9.47 Å². The van der Waals surface area contributed by atoms with Crippen molar-refractivity contribution in [1.29, 1.82) is 0 Å². The van der Waals surface area contributed by atoms with Gasteiger partial charge in [-0.25, -0.2) is 4.98 Å². The molecule has 28 heavy (non-hydrogen) atoms. The standard InChI is InChI=1S/C21H33N3O3S/c1-6-24(7-2)13-19(25)14-27-21-10-17(8-9-20(21)26-5)11-23(4)12-18-15-28-16(3)22-18/h8-10,15,19,25H,6-7,11-14H2,1-5H3. The summed E-state index contributed by atoms with van der Waals surface area (Å²) in [5.74, 6) is 1.34. The number of hydrogen-bond acceptors (Lipinski definition) is 7. The lowest BCUT2D eigenvalue weighted by molar-refractivity contribution is 0.0705. The maximum absolute atomic E-state index is 10.3. The molecule has 0 radical (unpaired) electrons. The summed E-state index contributed by atoms with van der Waals surface area (Å²) < 4.78 is 11.3. The van der Waals surface area contributed by atoms with Crippen molar-refractivity contribution in [3.63, 3.8) is 0 Å². The number of aliphatic hydroxyl groups excluding tert-OH is 1. The molecule has 156 valence electrons. The summed E-state index contributed by atoms with van der Waals surface area (Å²) in [6.07, 6.45) is -0.538. The van der Waals surface area contributed by atoms with Crippen molar-refractivity contribution in [2.45, 2.75) is 40.0 Å². The highest BCUT2D eigenvalue weighted by molar-refractivity contribution is 7.09. The number of methoxy groups -OCH3 is 1. The fourth-order valence-electron chi connectivity index (χ4n) is 3.08. The van der Waals surface area contributed by atoms with Gasteiger partial charge < -0.3 is 19.5 Å². The molecule has 1 aromatic heterocycles. The molecule has 0 fully saturated rings. The third kappa shape index (κ3) is 7.05. The zero-order chi connectivity index (χ0) is 20.5. The molecule has 2 aromatic rings. The highest BCUT2D eigenvalue weighted by Crippen LogP contribution is 2.29. The Labute approximate surface area is 172 Å². The summed E-state index contributed by atoms with van der Waals surface area (Å²) in [6, 6.07) is 5.95. The van der Waals surface area contributed by atoms with Gasteiger partial charge in [0, 0.05) is 25.0 Å². The topological polar surface area (TPSA) is 58.1 Å². The summed E-state index contributed by atoms with van der Waals surface area (Å²) in [5.41, 5.74) is 2.22. The van der Waals surface area contributed by atoms with E-state index in [1.165, 1.54) is 0 Å². The van der Waals surface area contributed by atoms with Crippen molar-refractivity contribution in [2.75, 3.05) is 40.4 Å². The number of nitrogens with zero attached hydrogens (tertiary/aromatic N) is 3. The Kier molecular flexibility index (Phi) is 9.18. The normalized spacial score (nSPS) is 12.6. The van der Waals surface area contributed by atoms with Crippen LogP contribution >= 0.6 is 11.3 Å². The summed E-state index contributed by atoms with van der Waals surface area (Å²) in [4.78, 5) is 8.92. The zero-order valence-electron chi connectivity index (χ0n) is 17.6. The molecule has 0 aliphatic rings. The van der Waals surface area contributed by atoms with E-state index >= 15 is 0 Å². The second-order valence-electron chi connectivity index (χ2n) is 6.97. The van der Waals surface area contributed by atoms with Gasteiger partial charge in [-0.15, -0.1) is 11.3 Å². The predicted molar refractivity (Wildman–Crippen MR) is 114 cm³/mol. The smallest absolute Gasteiger partial charge is 0.161 e. The van der Waals surface area contributed by atoms with E-state index in [0.29, 0.717) is 18.0 Å². The number of hydrogen-bond donors (Lipinski definition) is 1. The van der Waals surface area contributed by atoms with E-state index in [1.807, 2.05) is 25.1 Å². The molecular weight excluding hydrogens is 374 g/mol. The number of rotatable bonds is 12. The van der Waals surface area contributed by atoms with Crippen LogP contribution < -0.4 is 9.47 Å². The van der Waals surface area contributed by atoms with Gasteiger partial charge in [-0.3, -0.25) is 4.90 Å². The monoisotopic (exact) mass is 407 g/mol. The van der Waals surface area contributed by atoms with Crippen molar-refractivity contribution in [1.82, 2.24) is 14.8 Å². The lowest BCUT2D eigenvalue weighted by atomic mass is 10.2. The maximum Gasteiger partial charge on any atom is 0.161 e. The molecule has 7 heteroatoms. The van der Waals surface area contributed by atoms with E-state index in [2.05, 4.69) is 41.1 Å². The molecule has 0 amide bonds. The molecular formula is C21H33N3O3S. The number of aliphatic hydroxyl groups is 1. The lowest BCUT2D eigenvalue weighted by Gasteiger charge is -2.22. The van der Waals surface area contributed by atoms with Gasteiger partial charge in [-0.1, -0.05) is 19.9 Å². The quantitative estimate of drug-likeness (QED) is 0.583. The molecule has 1 unspecified atom stereocenters. The SMILES string of the molecule is CCN(CC)CC(O)COc1cc(CN(C)Cc2csc(C)n2)ccc1OC. The van der Waals surface area contributed by atoms with Crippen LogP contribution in [0.5, 0.6) is 11.5 Å². The van der Waals surface area contributed by atoms with Gasteiger partial charge in [0.25, 0.3) is 0 Å². The third-order valence-corrected chi connectivity index (χ3v) is 5.40. The summed E-state index contributed by atoms with van der Waals surface area (Å²) in [7, 11) is 3.71. The average molecular weight is 408 g/mol. The first kappa shape index (κ1) is 22.6. The lowest BCUT2D eigenvalue weighted by Crippen LogP contribution is -2.35. The molecule has 1 N–H and O–H groups in total. The van der Waals surface area contributed by atoms with Gasteiger partial charge in [0.15, 0.2) is 11.5 Å². The third-order valence-electron chi connectivity index (χ3n) is 4.57. The van der Waals surface area contributed by atoms with Crippen LogP contribution in [0.15, 0.2) is 23.6 Å². The van der Waals surface area contributed by atoms with Crippen molar-refractivity contribution in [3.05, 3.63) is 39.8 Å². The number of aromatic nitrogens is 1. The number of likely N-dealkylation sites (N-methyl/N-ethyl adjacent to an activating group) is 1. The number of ether oxygens (including phenoxy) is 2. The molecule has 0 spiro atoms. The van der Waals surface area contributed by atoms with Gasteiger partial charge in [-0.2, -0.15) is 0 Å². The summed E-state index contributed by atoms with van der Waals surface area (Å²) in [5, 5.41) is 13.5. The van der Waals surface area contributed by atoms with Crippen LogP contribution in [0, 0.1) is 6.92 Å². The van der Waals surface area contributed by atoms with Gasteiger partial charge in [0.1, 0.15) is 12.7 Å². The van der Waals surface area contributed by atoms with E-state index in [9.17, 15) is 5.11 Å². The molecule has 0 aliphatic carbocycles. The minimum Gasteiger partial charge on any atom is -0.493 e. The second-order valence-corrected chi connectivity index (χ2v) is 8.03. The first-order valence-electron chi connectivity index (χ1n) is 9.74. The average Bonchev–Trinajstić information content (AvgIpc) is 3.08. The first-order valence-corrected chi connectivity index (χ1v) is 10.6. The Balaban J connectivity index is 1.96. The van der Waals surface area contributed by atoms with Gasteiger partial charge in [-0.05, 0) is 44.8 Å². The van der Waals surface area contributed by atoms with Crippen LogP contribution in [-0.2, 0) is 13.1 Å². The van der Waals surface area contributed by atoms with Crippen molar-refractivity contribution >= 4 is 11.3 Å². The van der Waals surface area contributed by atoms with E-state index in [-0.39, 0.29) is 6.61 Å². The Hall–Kier alpha value is -1.67. The van der Waals surface area contributed by atoms with Crippen LogP contribution in [-0.4, -0.2) is 66.4 Å².